The lowest BCUT2D eigenvalue weighted by Crippen LogP contribution is -1.92. The van der Waals surface area contributed by atoms with Crippen molar-refractivity contribution in [3.63, 3.8) is 0 Å². The molecule has 0 bridgehead atoms. The van der Waals surface area contributed by atoms with Gasteiger partial charge < -0.3 is 4.42 Å². The van der Waals surface area contributed by atoms with Gasteiger partial charge in [0.1, 0.15) is 11.2 Å². The van der Waals surface area contributed by atoms with Crippen molar-refractivity contribution in [2.75, 3.05) is 0 Å². The summed E-state index contributed by atoms with van der Waals surface area (Å²) < 4.78 is 92.0. The summed E-state index contributed by atoms with van der Waals surface area (Å²) in [6.45, 7) is 0. The molecule has 0 aliphatic carbocycles. The summed E-state index contributed by atoms with van der Waals surface area (Å²) in [5.74, 6) is 0. The van der Waals surface area contributed by atoms with E-state index >= 15 is 0 Å². The maximum absolute atomic E-state index is 9.02. The molecule has 13 rings (SSSR count). The van der Waals surface area contributed by atoms with Crippen molar-refractivity contribution in [3.05, 3.63) is 230 Å². The first-order valence-electron chi connectivity index (χ1n) is 25.9. The first kappa shape index (κ1) is 26.8. The average molecular weight is 809 g/mol. The third kappa shape index (κ3) is 5.57. The molecule has 1 nitrogen and oxygen atoms in total. The molecule has 0 N–H and O–H groups in total. The minimum Gasteiger partial charge on any atom is -0.455 e. The van der Waals surface area contributed by atoms with Crippen LogP contribution in [0.5, 0.6) is 0 Å². The second kappa shape index (κ2) is 14.2. The molecule has 0 unspecified atom stereocenters. The third-order valence-corrected chi connectivity index (χ3v) is 12.6. The fraction of sp³-hybridized carbons (Fsp3) is 0. The molecule has 1 heterocycles. The molecule has 0 radical (unpaired) electrons. The predicted octanol–water partition coefficient (Wildman–Crippen LogP) is 17.7. The van der Waals surface area contributed by atoms with Gasteiger partial charge in [0.25, 0.3) is 0 Å². The number of furan rings is 1. The summed E-state index contributed by atoms with van der Waals surface area (Å²) in [5, 5.41) is 11.4. The maximum Gasteiger partial charge on any atom is 0.143 e. The van der Waals surface area contributed by atoms with Gasteiger partial charge in [0.05, 0.1) is 13.7 Å². The van der Waals surface area contributed by atoms with Crippen molar-refractivity contribution in [1.82, 2.24) is 0 Å². The van der Waals surface area contributed by atoms with Gasteiger partial charge in [-0.25, -0.2) is 0 Å². The molecule has 0 amide bonds. The smallest absolute Gasteiger partial charge is 0.143 e. The highest BCUT2D eigenvalue weighted by atomic mass is 16.3. The number of rotatable bonds is 5. The van der Waals surface area contributed by atoms with E-state index in [1.165, 1.54) is 0 Å². The zero-order valence-electron chi connectivity index (χ0n) is 43.6. The highest BCUT2D eigenvalue weighted by Gasteiger charge is 2.20. The summed E-state index contributed by atoms with van der Waals surface area (Å²) >= 11 is 0. The Bertz CT molecular complexity index is 4460. The van der Waals surface area contributed by atoms with Gasteiger partial charge in [-0.05, 0) is 128 Å². The lowest BCUT2D eigenvalue weighted by Gasteiger charge is -2.19. The fourth-order valence-electron chi connectivity index (χ4n) is 9.89. The van der Waals surface area contributed by atoms with Crippen molar-refractivity contribution in [3.8, 4) is 55.6 Å². The maximum atomic E-state index is 9.02. The molecule has 0 saturated carbocycles. The number of para-hydroxylation sites is 1. The van der Waals surface area contributed by atoms with Crippen molar-refractivity contribution in [1.29, 1.82) is 0 Å². The van der Waals surface area contributed by atoms with Crippen LogP contribution in [-0.4, -0.2) is 0 Å². The van der Waals surface area contributed by atoms with Crippen LogP contribution in [0.1, 0.15) is 13.7 Å². The highest BCUT2D eigenvalue weighted by Crippen LogP contribution is 2.47. The standard InChI is InChI=1S/C62H38O/c1-3-16-39(17-4-1)41-31-35-59-58(36-41)55-29-15-28-54(62(55)63-59)47-33-34-48(46-23-10-9-22-45(46)47)57-37-42-20-7-8-21-44(42)56-38-43(30-32-49(56)57)61-52-26-13-11-24-50(52)60(40-18-5-2-6-19-40)51-25-12-14-27-53(51)61/h1-38H/i1D,2D,3D,4D,5D,6D,16D,17D,18D,19D. The molecule has 0 saturated heterocycles. The molecule has 292 valence electrons. The second-order valence-corrected chi connectivity index (χ2v) is 15.9. The van der Waals surface area contributed by atoms with Crippen molar-refractivity contribution >= 4 is 75.8 Å². The Morgan fingerprint density at radius 1 is 0.286 bits per heavy atom. The largest absolute Gasteiger partial charge is 0.455 e. The number of fused-ring (bicyclic) bond motifs is 9. The number of benzene rings is 12. The van der Waals surface area contributed by atoms with E-state index in [1.807, 2.05) is 60.7 Å². The number of hydrogen-bond donors (Lipinski definition) is 0. The van der Waals surface area contributed by atoms with Crippen LogP contribution >= 0.6 is 0 Å². The first-order valence-corrected chi connectivity index (χ1v) is 20.9. The minimum atomic E-state index is -0.430. The Morgan fingerprint density at radius 3 is 1.46 bits per heavy atom. The van der Waals surface area contributed by atoms with E-state index in [-0.39, 0.29) is 59.5 Å². The SMILES string of the molecule is [2H]c1c([2H])c([2H])c(-c2ccc3oc4c(-c5ccc(-c6cc7ccccc7c7cc(-c8c9ccccc9c(-c9c([2H])c([2H])c([2H])c([2H])c9[2H])c9ccccc89)ccc67)c6ccccc56)cccc4c3c2)c([2H])c1[2H]. The van der Waals surface area contributed by atoms with Gasteiger partial charge >= 0.3 is 0 Å². The van der Waals surface area contributed by atoms with Crippen molar-refractivity contribution in [2.45, 2.75) is 0 Å². The van der Waals surface area contributed by atoms with Crippen molar-refractivity contribution in [2.24, 2.45) is 0 Å². The van der Waals surface area contributed by atoms with Crippen LogP contribution in [0.25, 0.3) is 131 Å². The number of hydrogen-bond acceptors (Lipinski definition) is 1. The molecule has 1 heteroatoms. The zero-order valence-corrected chi connectivity index (χ0v) is 33.6. The van der Waals surface area contributed by atoms with E-state index in [0.717, 1.165) is 98.0 Å². The van der Waals surface area contributed by atoms with Crippen LogP contribution in [0.15, 0.2) is 235 Å². The van der Waals surface area contributed by atoms with E-state index in [2.05, 4.69) is 97.1 Å². The van der Waals surface area contributed by atoms with Crippen LogP contribution in [-0.2, 0) is 0 Å². The Kier molecular flexibility index (Phi) is 6.03. The van der Waals surface area contributed by atoms with Crippen LogP contribution < -0.4 is 0 Å². The summed E-state index contributed by atoms with van der Waals surface area (Å²) in [7, 11) is 0. The van der Waals surface area contributed by atoms with Gasteiger partial charge in [0, 0.05) is 16.3 Å². The molecule has 0 spiro atoms. The van der Waals surface area contributed by atoms with Gasteiger partial charge in [0.2, 0.25) is 0 Å². The predicted molar refractivity (Wildman–Crippen MR) is 268 cm³/mol. The second-order valence-electron chi connectivity index (χ2n) is 15.9. The molecule has 63 heavy (non-hydrogen) atoms. The lowest BCUT2D eigenvalue weighted by atomic mass is 9.84. The highest BCUT2D eigenvalue weighted by molar-refractivity contribution is 6.24. The van der Waals surface area contributed by atoms with Crippen LogP contribution in [0.2, 0.25) is 0 Å². The Hall–Kier alpha value is -8.26. The quantitative estimate of drug-likeness (QED) is 0.125. The molecule has 0 fully saturated rings. The Balaban J connectivity index is 0.996. The molecule has 0 aliphatic heterocycles. The summed E-state index contributed by atoms with van der Waals surface area (Å²) in [6, 6.07) is 54.0. The average Bonchev–Trinajstić information content (AvgIpc) is 3.80. The van der Waals surface area contributed by atoms with Gasteiger partial charge in [-0.3, -0.25) is 0 Å². The normalized spacial score (nSPS) is 14.0. The minimum absolute atomic E-state index is 0.142. The third-order valence-electron chi connectivity index (χ3n) is 12.6. The summed E-state index contributed by atoms with van der Waals surface area (Å²) in [4.78, 5) is 0. The van der Waals surface area contributed by atoms with E-state index in [4.69, 9.17) is 18.1 Å². The summed E-state index contributed by atoms with van der Waals surface area (Å²) in [5.41, 5.74) is 8.69. The Labute approximate surface area is 378 Å². The molecule has 0 aliphatic rings. The molecule has 12 aromatic carbocycles. The monoisotopic (exact) mass is 808 g/mol. The van der Waals surface area contributed by atoms with Gasteiger partial charge in [-0.2, -0.15) is 0 Å². The van der Waals surface area contributed by atoms with Crippen molar-refractivity contribution < 1.29 is 18.1 Å². The lowest BCUT2D eigenvalue weighted by molar-refractivity contribution is 0.670. The molecule has 1 aromatic heterocycles. The Morgan fingerprint density at radius 2 is 0.794 bits per heavy atom. The zero-order chi connectivity index (χ0) is 50.1. The molecular weight excluding hydrogens is 761 g/mol. The van der Waals surface area contributed by atoms with E-state index in [9.17, 15) is 0 Å². The fourth-order valence-corrected chi connectivity index (χ4v) is 9.89. The van der Waals surface area contributed by atoms with E-state index in [1.54, 1.807) is 12.1 Å². The summed E-state index contributed by atoms with van der Waals surface area (Å²) in [6.07, 6.45) is 0. The van der Waals surface area contributed by atoms with Crippen LogP contribution in [0, 0.1) is 0 Å². The van der Waals surface area contributed by atoms with Crippen LogP contribution in [0.4, 0.5) is 0 Å². The van der Waals surface area contributed by atoms with E-state index in [0.29, 0.717) is 22.3 Å². The van der Waals surface area contributed by atoms with Gasteiger partial charge in [-0.15, -0.1) is 0 Å². The van der Waals surface area contributed by atoms with Crippen LogP contribution in [0.3, 0.4) is 0 Å². The van der Waals surface area contributed by atoms with E-state index < -0.39 is 12.1 Å². The first-order chi connectivity index (χ1) is 35.4. The van der Waals surface area contributed by atoms with Gasteiger partial charge in [0.15, 0.2) is 0 Å². The molecule has 0 atom stereocenters. The molecular formula is C62H38O. The molecule has 13 aromatic rings. The topological polar surface area (TPSA) is 13.1 Å². The van der Waals surface area contributed by atoms with Gasteiger partial charge in [-0.1, -0.05) is 206 Å².